The van der Waals surface area contributed by atoms with Crippen molar-refractivity contribution in [3.05, 3.63) is 66.2 Å². The van der Waals surface area contributed by atoms with Gasteiger partial charge in [0.15, 0.2) is 0 Å². The van der Waals surface area contributed by atoms with Gasteiger partial charge in [-0.2, -0.15) is 0 Å². The predicted octanol–water partition coefficient (Wildman–Crippen LogP) is 2.41. The molecule has 1 atom stereocenters. The highest BCUT2D eigenvalue weighted by molar-refractivity contribution is 5.89. The highest BCUT2D eigenvalue weighted by atomic mass is 16.2. The van der Waals surface area contributed by atoms with Crippen LogP contribution in [0.3, 0.4) is 0 Å². The lowest BCUT2D eigenvalue weighted by molar-refractivity contribution is -0.129. The van der Waals surface area contributed by atoms with Crippen molar-refractivity contribution >= 4 is 17.5 Å². The van der Waals surface area contributed by atoms with Gasteiger partial charge in [-0.05, 0) is 37.1 Å². The van der Waals surface area contributed by atoms with E-state index in [0.29, 0.717) is 26.1 Å². The summed E-state index contributed by atoms with van der Waals surface area (Å²) in [6, 6.07) is 20.7. The minimum atomic E-state index is -0.215. The van der Waals surface area contributed by atoms with Gasteiger partial charge in [0, 0.05) is 57.9 Å². The molecule has 170 valence electrons. The maximum Gasteiger partial charge on any atom is 0.225 e. The van der Waals surface area contributed by atoms with Gasteiger partial charge in [0.25, 0.3) is 0 Å². The van der Waals surface area contributed by atoms with E-state index in [-0.39, 0.29) is 17.7 Å². The molecule has 2 aliphatic rings. The Morgan fingerprint density at radius 3 is 2.31 bits per heavy atom. The smallest absolute Gasteiger partial charge is 0.225 e. The summed E-state index contributed by atoms with van der Waals surface area (Å²) in [5.41, 5.74) is 2.51. The number of hydrogen-bond acceptors (Lipinski definition) is 4. The fraction of sp³-hybridized carbons (Fsp3) is 0.462. The largest absolute Gasteiger partial charge is 0.369 e. The summed E-state index contributed by atoms with van der Waals surface area (Å²) < 4.78 is 0. The molecule has 2 aromatic carbocycles. The van der Waals surface area contributed by atoms with Gasteiger partial charge in [0.05, 0.1) is 5.92 Å². The number of likely N-dealkylation sites (tertiary alicyclic amines) is 1. The van der Waals surface area contributed by atoms with E-state index in [9.17, 15) is 9.59 Å². The van der Waals surface area contributed by atoms with Crippen LogP contribution in [0.2, 0.25) is 0 Å². The fourth-order valence-corrected chi connectivity index (χ4v) is 4.60. The maximum atomic E-state index is 12.6. The Labute approximate surface area is 191 Å². The van der Waals surface area contributed by atoms with Crippen LogP contribution < -0.4 is 10.2 Å². The molecule has 2 saturated heterocycles. The molecule has 6 heteroatoms. The summed E-state index contributed by atoms with van der Waals surface area (Å²) in [4.78, 5) is 31.6. The number of anilines is 1. The molecule has 0 saturated carbocycles. The van der Waals surface area contributed by atoms with E-state index >= 15 is 0 Å². The first-order chi connectivity index (χ1) is 15.7. The van der Waals surface area contributed by atoms with Crippen molar-refractivity contribution < 1.29 is 9.59 Å². The van der Waals surface area contributed by atoms with E-state index in [1.165, 1.54) is 11.3 Å². The van der Waals surface area contributed by atoms with Gasteiger partial charge in [-0.15, -0.1) is 0 Å². The zero-order valence-corrected chi connectivity index (χ0v) is 18.8. The van der Waals surface area contributed by atoms with Gasteiger partial charge in [-0.25, -0.2) is 0 Å². The fourth-order valence-electron chi connectivity index (χ4n) is 4.60. The van der Waals surface area contributed by atoms with Crippen molar-refractivity contribution in [3.8, 4) is 0 Å². The number of amides is 2. The van der Waals surface area contributed by atoms with Gasteiger partial charge < -0.3 is 15.1 Å². The Hall–Kier alpha value is -2.86. The van der Waals surface area contributed by atoms with Crippen molar-refractivity contribution in [1.82, 2.24) is 15.1 Å². The van der Waals surface area contributed by atoms with E-state index in [1.807, 2.05) is 23.1 Å². The molecule has 2 fully saturated rings. The number of carbonyl (C=O) groups excluding carboxylic acids is 2. The third kappa shape index (κ3) is 6.10. The molecule has 0 bridgehead atoms. The summed E-state index contributed by atoms with van der Waals surface area (Å²) in [6.45, 7) is 7.08. The molecule has 6 nitrogen and oxygen atoms in total. The first-order valence-corrected chi connectivity index (χ1v) is 11.8. The van der Waals surface area contributed by atoms with E-state index in [4.69, 9.17) is 0 Å². The van der Waals surface area contributed by atoms with Crippen LogP contribution in [-0.2, 0) is 16.0 Å². The second-order valence-electron chi connectivity index (χ2n) is 8.79. The average molecular weight is 435 g/mol. The van der Waals surface area contributed by atoms with Crippen molar-refractivity contribution in [1.29, 1.82) is 0 Å². The molecule has 1 N–H and O–H groups in total. The molecular formula is C26H34N4O2. The van der Waals surface area contributed by atoms with Gasteiger partial charge in [-0.3, -0.25) is 14.5 Å². The van der Waals surface area contributed by atoms with Crippen LogP contribution in [0, 0.1) is 5.92 Å². The normalized spacial score (nSPS) is 19.4. The van der Waals surface area contributed by atoms with Crippen LogP contribution in [0.25, 0.3) is 0 Å². The lowest BCUT2D eigenvalue weighted by Crippen LogP contribution is -2.47. The standard InChI is InChI=1S/C26H34N4O2/c31-25-20-23(21-30(25)15-12-22-8-3-1-4-9-22)26(32)27-13-7-14-28-16-18-29(19-17-28)24-10-5-2-6-11-24/h1-6,8-11,23H,7,12-21H2,(H,27,32). The summed E-state index contributed by atoms with van der Waals surface area (Å²) in [5.74, 6) is -0.0977. The first-order valence-electron chi connectivity index (χ1n) is 11.8. The first kappa shape index (κ1) is 22.3. The quantitative estimate of drug-likeness (QED) is 0.616. The Morgan fingerprint density at radius 2 is 1.59 bits per heavy atom. The number of hydrogen-bond donors (Lipinski definition) is 1. The molecule has 2 aromatic rings. The topological polar surface area (TPSA) is 55.9 Å². The monoisotopic (exact) mass is 434 g/mol. The Bertz CT molecular complexity index is 866. The lowest BCUT2D eigenvalue weighted by atomic mass is 10.1. The molecule has 0 aromatic heterocycles. The molecule has 4 rings (SSSR count). The summed E-state index contributed by atoms with van der Waals surface area (Å²) in [5, 5.41) is 3.06. The molecule has 2 amide bonds. The van der Waals surface area contributed by atoms with Crippen molar-refractivity contribution in [2.75, 3.05) is 57.3 Å². The molecule has 32 heavy (non-hydrogen) atoms. The van der Waals surface area contributed by atoms with E-state index in [1.54, 1.807) is 0 Å². The minimum absolute atomic E-state index is 0.0226. The SMILES string of the molecule is O=C(NCCCN1CCN(c2ccccc2)CC1)C1CC(=O)N(CCc2ccccc2)C1. The van der Waals surface area contributed by atoms with Crippen molar-refractivity contribution in [2.45, 2.75) is 19.3 Å². The van der Waals surface area contributed by atoms with Gasteiger partial charge in [0.1, 0.15) is 0 Å². The van der Waals surface area contributed by atoms with Gasteiger partial charge in [0.2, 0.25) is 11.8 Å². The molecule has 0 radical (unpaired) electrons. The van der Waals surface area contributed by atoms with E-state index in [0.717, 1.165) is 45.6 Å². The minimum Gasteiger partial charge on any atom is -0.369 e. The molecule has 0 spiro atoms. The zero-order valence-electron chi connectivity index (χ0n) is 18.8. The maximum absolute atomic E-state index is 12.6. The van der Waals surface area contributed by atoms with Gasteiger partial charge >= 0.3 is 0 Å². The average Bonchev–Trinajstić information content (AvgIpc) is 3.22. The van der Waals surface area contributed by atoms with Crippen LogP contribution in [0.15, 0.2) is 60.7 Å². The zero-order chi connectivity index (χ0) is 22.2. The van der Waals surface area contributed by atoms with Gasteiger partial charge in [-0.1, -0.05) is 48.5 Å². The summed E-state index contributed by atoms with van der Waals surface area (Å²) in [7, 11) is 0. The third-order valence-electron chi connectivity index (χ3n) is 6.54. The predicted molar refractivity (Wildman–Crippen MR) is 128 cm³/mol. The second-order valence-corrected chi connectivity index (χ2v) is 8.79. The van der Waals surface area contributed by atoms with Crippen LogP contribution in [0.4, 0.5) is 5.69 Å². The highest BCUT2D eigenvalue weighted by Crippen LogP contribution is 2.19. The molecular weight excluding hydrogens is 400 g/mol. The Morgan fingerprint density at radius 1 is 0.906 bits per heavy atom. The van der Waals surface area contributed by atoms with Crippen LogP contribution in [-0.4, -0.2) is 74.0 Å². The lowest BCUT2D eigenvalue weighted by Gasteiger charge is -2.36. The summed E-state index contributed by atoms with van der Waals surface area (Å²) in [6.07, 6.45) is 2.11. The number of para-hydroxylation sites is 1. The second kappa shape index (κ2) is 11.1. The molecule has 0 aliphatic carbocycles. The van der Waals surface area contributed by atoms with Crippen molar-refractivity contribution in [2.24, 2.45) is 5.92 Å². The molecule has 1 unspecified atom stereocenters. The number of benzene rings is 2. The van der Waals surface area contributed by atoms with Crippen molar-refractivity contribution in [3.63, 3.8) is 0 Å². The van der Waals surface area contributed by atoms with E-state index in [2.05, 4.69) is 57.6 Å². The molecule has 2 heterocycles. The third-order valence-corrected chi connectivity index (χ3v) is 6.54. The van der Waals surface area contributed by atoms with Crippen LogP contribution in [0.1, 0.15) is 18.4 Å². The number of carbonyl (C=O) groups is 2. The molecule has 2 aliphatic heterocycles. The Kier molecular flexibility index (Phi) is 7.77. The number of nitrogens with zero attached hydrogens (tertiary/aromatic N) is 3. The highest BCUT2D eigenvalue weighted by Gasteiger charge is 2.33. The summed E-state index contributed by atoms with van der Waals surface area (Å²) >= 11 is 0. The van der Waals surface area contributed by atoms with Crippen LogP contribution in [0.5, 0.6) is 0 Å². The number of piperazine rings is 1. The van der Waals surface area contributed by atoms with E-state index < -0.39 is 0 Å². The number of rotatable bonds is 9. The van der Waals surface area contributed by atoms with Crippen LogP contribution >= 0.6 is 0 Å². The number of nitrogens with one attached hydrogen (secondary N) is 1. The Balaban J connectivity index is 1.10.